The maximum absolute atomic E-state index is 12.6. The second-order valence-electron chi connectivity index (χ2n) is 20.2. The van der Waals surface area contributed by atoms with Crippen LogP contribution in [0.2, 0.25) is 0 Å². The number of phenols is 1. The van der Waals surface area contributed by atoms with Crippen LogP contribution in [0, 0.1) is 13.7 Å². The summed E-state index contributed by atoms with van der Waals surface area (Å²) in [4.78, 5) is 10.3. The van der Waals surface area contributed by atoms with E-state index in [1.807, 2.05) is 95.6 Å². The molecule has 68 heavy (non-hydrogen) atoms. The number of phenolic OH excluding ortho intramolecular Hbond substituents is 1. The van der Waals surface area contributed by atoms with Gasteiger partial charge in [-0.3, -0.25) is 9.55 Å². The SMILES string of the molecule is [2H]c1c([2H])c(C([2H])([2H])[2H])c([2H])c([2H])c1-c1ccnc(-c2cc(-c3cccc4c3nc(-c3cc(C([2H])(C)C)cc(C([2H])(C)C)c3O)n4-c3cc(C([2H])([2H])[2H])c(-c4ccc(C(C)(C)C)cc4)cc3-c3ccccc3)cc(C(C)(C)C)c2)c1. The standard InChI is InChI=1S/C64H65N3O/c1-39(2)47-35-53(40(3)4)61(68)56(36-47)62-66-60-52(48-32-49(34-51(33-48)64(10,11)12)57-37-46(29-30-65-57)43-23-21-41(5)22-24-43)19-16-20-58(60)67(62)59-31-42(6)54(38-55(59)44-17-14-13-15-18-44)45-25-27-50(28-26-45)63(7,8)9/h13-40,68H,1-12H3/i5D3,6D3,21D,22D,23D,24D,39D,40D. The average Bonchev–Trinajstić information content (AvgIpc) is 3.85. The van der Waals surface area contributed by atoms with Gasteiger partial charge in [-0.1, -0.05) is 178 Å². The Kier molecular flexibility index (Phi) is 8.79. The van der Waals surface area contributed by atoms with Gasteiger partial charge in [0, 0.05) is 33.9 Å². The molecular weight excluding hydrogens is 827 g/mol. The van der Waals surface area contributed by atoms with E-state index >= 15 is 0 Å². The van der Waals surface area contributed by atoms with Gasteiger partial charge in [-0.25, -0.2) is 4.98 Å². The van der Waals surface area contributed by atoms with Crippen molar-refractivity contribution in [2.75, 3.05) is 0 Å². The van der Waals surface area contributed by atoms with E-state index in [1.54, 1.807) is 58.0 Å². The van der Waals surface area contributed by atoms with Crippen molar-refractivity contribution in [1.82, 2.24) is 14.5 Å². The molecule has 0 amide bonds. The zero-order chi connectivity index (χ0) is 58.6. The number of rotatable bonds is 9. The van der Waals surface area contributed by atoms with E-state index in [0.29, 0.717) is 61.4 Å². The van der Waals surface area contributed by atoms with Crippen molar-refractivity contribution in [2.24, 2.45) is 0 Å². The molecular formula is C64H65N3O. The molecule has 0 spiro atoms. The molecule has 2 heterocycles. The summed E-state index contributed by atoms with van der Waals surface area (Å²) >= 11 is 0. The lowest BCUT2D eigenvalue weighted by atomic mass is 9.83. The molecule has 0 aliphatic heterocycles. The number of para-hydroxylation sites is 1. The number of nitrogens with zero attached hydrogens (tertiary/aromatic N) is 3. The molecule has 0 aliphatic rings. The first-order valence-corrected chi connectivity index (χ1v) is 23.0. The molecule has 0 unspecified atom stereocenters. The molecule has 7 aromatic carbocycles. The van der Waals surface area contributed by atoms with Crippen molar-refractivity contribution in [3.05, 3.63) is 191 Å². The van der Waals surface area contributed by atoms with E-state index in [-0.39, 0.29) is 39.2 Å². The molecule has 9 rings (SSSR count). The van der Waals surface area contributed by atoms with Gasteiger partial charge in [-0.15, -0.1) is 0 Å². The van der Waals surface area contributed by atoms with Crippen LogP contribution in [0.1, 0.15) is 131 Å². The summed E-state index contributed by atoms with van der Waals surface area (Å²) in [6, 6.07) is 37.5. The molecule has 0 radical (unpaired) electrons. The van der Waals surface area contributed by atoms with Crippen LogP contribution in [0.25, 0.3) is 83.9 Å². The van der Waals surface area contributed by atoms with Crippen LogP contribution >= 0.6 is 0 Å². The molecule has 0 aliphatic carbocycles. The van der Waals surface area contributed by atoms with Crippen molar-refractivity contribution in [2.45, 2.75) is 106 Å². The normalized spacial score (nSPS) is 15.4. The molecule has 4 nitrogen and oxygen atoms in total. The number of aryl methyl sites for hydroxylation is 1. The van der Waals surface area contributed by atoms with E-state index < -0.39 is 60.6 Å². The highest BCUT2D eigenvalue weighted by Gasteiger charge is 2.27. The lowest BCUT2D eigenvalue weighted by molar-refractivity contribution is 0.466. The quantitative estimate of drug-likeness (QED) is 0.157. The van der Waals surface area contributed by atoms with Crippen molar-refractivity contribution < 1.29 is 21.6 Å². The lowest BCUT2D eigenvalue weighted by Crippen LogP contribution is -2.11. The van der Waals surface area contributed by atoms with Gasteiger partial charge < -0.3 is 5.11 Å². The first-order chi connectivity index (χ1) is 37.0. The van der Waals surface area contributed by atoms with E-state index in [0.717, 1.165) is 22.3 Å². The van der Waals surface area contributed by atoms with Crippen molar-refractivity contribution in [3.63, 3.8) is 0 Å². The zero-order valence-electron chi connectivity index (χ0n) is 52.5. The van der Waals surface area contributed by atoms with Crippen LogP contribution in [-0.2, 0) is 10.8 Å². The van der Waals surface area contributed by atoms with Gasteiger partial charge in [0.25, 0.3) is 0 Å². The van der Waals surface area contributed by atoms with Crippen LogP contribution < -0.4 is 0 Å². The molecule has 0 saturated heterocycles. The second kappa shape index (κ2) is 17.9. The summed E-state index contributed by atoms with van der Waals surface area (Å²) in [5.74, 6) is -2.49. The first kappa shape index (κ1) is 33.4. The van der Waals surface area contributed by atoms with E-state index in [4.69, 9.17) is 23.7 Å². The topological polar surface area (TPSA) is 50.9 Å². The maximum Gasteiger partial charge on any atom is 0.149 e. The molecule has 0 saturated carbocycles. The third-order valence-corrected chi connectivity index (χ3v) is 12.8. The number of aromatic nitrogens is 3. The highest BCUT2D eigenvalue weighted by Crippen LogP contribution is 2.45. The highest BCUT2D eigenvalue weighted by molar-refractivity contribution is 5.98. The van der Waals surface area contributed by atoms with Gasteiger partial charge in [-0.2, -0.15) is 0 Å². The van der Waals surface area contributed by atoms with Crippen molar-refractivity contribution in [3.8, 4) is 78.6 Å². The molecule has 1 N–H and O–H groups in total. The summed E-state index contributed by atoms with van der Waals surface area (Å²) in [5.41, 5.74) is 8.82. The van der Waals surface area contributed by atoms with Gasteiger partial charge in [0.1, 0.15) is 11.6 Å². The Labute approximate surface area is 421 Å². The molecule has 9 aromatic rings. The summed E-state index contributed by atoms with van der Waals surface area (Å²) in [6.07, 6.45) is 1.52. The molecule has 0 fully saturated rings. The monoisotopic (exact) mass is 904 g/mol. The van der Waals surface area contributed by atoms with Gasteiger partial charge in [-0.05, 0) is 146 Å². The summed E-state index contributed by atoms with van der Waals surface area (Å²) in [5, 5.41) is 12.6. The predicted octanol–water partition coefficient (Wildman–Crippen LogP) is 17.6. The average molecular weight is 904 g/mol. The van der Waals surface area contributed by atoms with E-state index in [2.05, 4.69) is 47.6 Å². The fraction of sp³-hybridized carbons (Fsp3) is 0.250. The first-order valence-electron chi connectivity index (χ1n) is 29.0. The van der Waals surface area contributed by atoms with Gasteiger partial charge in [0.2, 0.25) is 0 Å². The zero-order valence-corrected chi connectivity index (χ0v) is 40.5. The number of pyridine rings is 1. The minimum Gasteiger partial charge on any atom is -0.507 e. The summed E-state index contributed by atoms with van der Waals surface area (Å²) < 4.78 is 107. The van der Waals surface area contributed by atoms with Gasteiger partial charge >= 0.3 is 0 Å². The predicted molar refractivity (Wildman–Crippen MR) is 288 cm³/mol. The van der Waals surface area contributed by atoms with Crippen LogP contribution in [0.3, 0.4) is 0 Å². The number of aromatic hydroxyl groups is 1. The Balaban J connectivity index is 1.38. The number of imidazole rings is 1. The number of benzene rings is 7. The Hall–Kier alpha value is -7.04. The molecule has 0 bridgehead atoms. The molecule has 2 aromatic heterocycles. The van der Waals surface area contributed by atoms with Crippen LogP contribution in [0.15, 0.2) is 158 Å². The summed E-state index contributed by atoms with van der Waals surface area (Å²) in [6.45, 7) is 14.0. The van der Waals surface area contributed by atoms with Crippen LogP contribution in [0.5, 0.6) is 5.75 Å². The van der Waals surface area contributed by atoms with Crippen molar-refractivity contribution in [1.29, 1.82) is 0 Å². The minimum atomic E-state index is -2.87. The van der Waals surface area contributed by atoms with Crippen LogP contribution in [0.4, 0.5) is 0 Å². The number of hydrogen-bond acceptors (Lipinski definition) is 3. The van der Waals surface area contributed by atoms with E-state index in [1.165, 1.54) is 6.20 Å². The van der Waals surface area contributed by atoms with E-state index in [9.17, 15) is 7.85 Å². The Morgan fingerprint density at radius 3 is 1.94 bits per heavy atom. The molecule has 0 atom stereocenters. The fourth-order valence-corrected chi connectivity index (χ4v) is 8.81. The summed E-state index contributed by atoms with van der Waals surface area (Å²) in [7, 11) is 0. The third kappa shape index (κ3) is 8.93. The smallest absolute Gasteiger partial charge is 0.149 e. The van der Waals surface area contributed by atoms with Crippen LogP contribution in [-0.4, -0.2) is 19.6 Å². The Bertz CT molecular complexity index is 3860. The third-order valence-electron chi connectivity index (χ3n) is 12.8. The molecule has 4 heteroatoms. The Morgan fingerprint density at radius 1 is 0.574 bits per heavy atom. The van der Waals surface area contributed by atoms with Gasteiger partial charge in [0.05, 0.1) is 33.5 Å². The molecule has 342 valence electrons. The second-order valence-corrected chi connectivity index (χ2v) is 20.2. The number of hydrogen-bond donors (Lipinski definition) is 1. The lowest BCUT2D eigenvalue weighted by Gasteiger charge is -2.22. The highest BCUT2D eigenvalue weighted by atomic mass is 16.3. The Morgan fingerprint density at radius 2 is 1.28 bits per heavy atom. The fourth-order valence-electron chi connectivity index (χ4n) is 8.81. The largest absolute Gasteiger partial charge is 0.507 e. The van der Waals surface area contributed by atoms with Crippen molar-refractivity contribution >= 4 is 11.0 Å². The number of fused-ring (bicyclic) bond motifs is 1. The van der Waals surface area contributed by atoms with Gasteiger partial charge in [0.15, 0.2) is 0 Å². The minimum absolute atomic E-state index is 0.0622. The maximum atomic E-state index is 12.6.